The predicted molar refractivity (Wildman–Crippen MR) is 150 cm³/mol. The van der Waals surface area contributed by atoms with Gasteiger partial charge in [0.2, 0.25) is 0 Å². The first-order chi connectivity index (χ1) is 20.2. The monoisotopic (exact) mass is 575 g/mol. The molecule has 0 saturated heterocycles. The van der Waals surface area contributed by atoms with E-state index in [9.17, 15) is 9.59 Å². The van der Waals surface area contributed by atoms with Crippen molar-refractivity contribution in [3.63, 3.8) is 0 Å². The average molecular weight is 576 g/mol. The van der Waals surface area contributed by atoms with E-state index in [-0.39, 0.29) is 19.1 Å². The average Bonchev–Trinajstić information content (AvgIpc) is 3.32. The summed E-state index contributed by atoms with van der Waals surface area (Å²) in [6.07, 6.45) is -0.456. The summed E-state index contributed by atoms with van der Waals surface area (Å²) in [5.74, 6) is -0.374. The number of carbonyl (C=O) groups is 2. The smallest absolute Gasteiger partial charge is 0.407 e. The van der Waals surface area contributed by atoms with E-state index < -0.39 is 12.1 Å². The van der Waals surface area contributed by atoms with Gasteiger partial charge in [0.05, 0.1) is 79.8 Å². The van der Waals surface area contributed by atoms with E-state index in [1.807, 2.05) is 24.3 Å². The summed E-state index contributed by atoms with van der Waals surface area (Å²) in [6.45, 7) is 5.21. The molecule has 1 amide bonds. The second-order valence-electron chi connectivity index (χ2n) is 8.94. The number of benzene rings is 2. The van der Waals surface area contributed by atoms with Gasteiger partial charge in [-0.15, -0.1) is 0 Å². The summed E-state index contributed by atoms with van der Waals surface area (Å²) in [4.78, 5) is 23.0. The number of ether oxygens (including phenoxy) is 8. The summed E-state index contributed by atoms with van der Waals surface area (Å²) in [6, 6.07) is 16.5. The lowest BCUT2D eigenvalue weighted by molar-refractivity contribution is -0.146. The Bertz CT molecular complexity index is 988. The van der Waals surface area contributed by atoms with Gasteiger partial charge in [0.1, 0.15) is 13.2 Å². The number of amides is 1. The Morgan fingerprint density at radius 3 is 1.56 bits per heavy atom. The number of hydrogen-bond acceptors (Lipinski definition) is 10. The molecule has 0 bridgehead atoms. The van der Waals surface area contributed by atoms with Crippen LogP contribution in [0.25, 0.3) is 11.1 Å². The third kappa shape index (κ3) is 12.1. The number of rotatable bonds is 22. The highest BCUT2D eigenvalue weighted by Crippen LogP contribution is 2.44. The first-order valence-corrected chi connectivity index (χ1v) is 13.8. The quantitative estimate of drug-likeness (QED) is 0.166. The molecule has 0 saturated carbocycles. The third-order valence-electron chi connectivity index (χ3n) is 6.17. The van der Waals surface area contributed by atoms with Crippen molar-refractivity contribution in [3.05, 3.63) is 59.7 Å². The van der Waals surface area contributed by atoms with E-state index >= 15 is 0 Å². The summed E-state index contributed by atoms with van der Waals surface area (Å²) in [7, 11) is 1.31. The lowest BCUT2D eigenvalue weighted by Crippen LogP contribution is -2.29. The summed E-state index contributed by atoms with van der Waals surface area (Å²) in [5, 5.41) is 2.73. The SMILES string of the molecule is COC(=O)COCCOCCOCCOCCOCCOCCNC(=O)OCC1c2ccccc2-c2ccccc21. The lowest BCUT2D eigenvalue weighted by Gasteiger charge is -2.14. The van der Waals surface area contributed by atoms with Crippen LogP contribution in [0.3, 0.4) is 0 Å². The van der Waals surface area contributed by atoms with Crippen LogP contribution >= 0.6 is 0 Å². The molecule has 0 heterocycles. The van der Waals surface area contributed by atoms with Crippen molar-refractivity contribution in [2.45, 2.75) is 5.92 Å². The Kier molecular flexibility index (Phi) is 15.8. The van der Waals surface area contributed by atoms with Crippen LogP contribution in [0, 0.1) is 0 Å². The zero-order valence-corrected chi connectivity index (χ0v) is 23.7. The van der Waals surface area contributed by atoms with Crippen molar-refractivity contribution in [1.29, 1.82) is 0 Å². The zero-order valence-electron chi connectivity index (χ0n) is 23.7. The van der Waals surface area contributed by atoms with Crippen molar-refractivity contribution in [1.82, 2.24) is 5.32 Å². The van der Waals surface area contributed by atoms with Crippen molar-refractivity contribution in [2.75, 3.05) is 99.5 Å². The van der Waals surface area contributed by atoms with Gasteiger partial charge in [-0.05, 0) is 22.3 Å². The maximum absolute atomic E-state index is 12.2. The number of hydrogen-bond donors (Lipinski definition) is 1. The van der Waals surface area contributed by atoms with E-state index in [2.05, 4.69) is 34.3 Å². The van der Waals surface area contributed by atoms with E-state index in [0.717, 1.165) is 0 Å². The molecule has 1 aliphatic carbocycles. The van der Waals surface area contributed by atoms with Gasteiger partial charge < -0.3 is 43.2 Å². The van der Waals surface area contributed by atoms with E-state index in [0.29, 0.717) is 79.2 Å². The first-order valence-electron chi connectivity index (χ1n) is 13.8. The minimum Gasteiger partial charge on any atom is -0.467 e. The van der Waals surface area contributed by atoms with Crippen molar-refractivity contribution in [3.8, 4) is 11.1 Å². The molecule has 226 valence electrons. The molecule has 2 aromatic carbocycles. The molecule has 0 atom stereocenters. The molecule has 0 fully saturated rings. The molecule has 0 aliphatic heterocycles. The van der Waals surface area contributed by atoms with Crippen LogP contribution in [0.5, 0.6) is 0 Å². The van der Waals surface area contributed by atoms with Gasteiger partial charge >= 0.3 is 12.1 Å². The second kappa shape index (κ2) is 19.9. The fourth-order valence-corrected chi connectivity index (χ4v) is 4.19. The molecular formula is C30H41NO10. The van der Waals surface area contributed by atoms with E-state index in [1.165, 1.54) is 29.4 Å². The minimum absolute atomic E-state index is 0.0377. The fourth-order valence-electron chi connectivity index (χ4n) is 4.19. The maximum atomic E-state index is 12.2. The van der Waals surface area contributed by atoms with Gasteiger partial charge in [0.25, 0.3) is 0 Å². The Balaban J connectivity index is 1.07. The van der Waals surface area contributed by atoms with Gasteiger partial charge in [0.15, 0.2) is 0 Å². The number of carbonyl (C=O) groups excluding carboxylic acids is 2. The molecule has 1 aliphatic rings. The molecule has 11 nitrogen and oxygen atoms in total. The number of nitrogens with one attached hydrogen (secondary N) is 1. The lowest BCUT2D eigenvalue weighted by atomic mass is 9.98. The normalized spacial score (nSPS) is 12.1. The van der Waals surface area contributed by atoms with Crippen LogP contribution in [-0.4, -0.2) is 112 Å². The molecule has 0 radical (unpaired) electrons. The highest BCUT2D eigenvalue weighted by Gasteiger charge is 2.28. The van der Waals surface area contributed by atoms with Crippen LogP contribution in [-0.2, 0) is 42.7 Å². The third-order valence-corrected chi connectivity index (χ3v) is 6.17. The van der Waals surface area contributed by atoms with Crippen molar-refractivity contribution in [2.24, 2.45) is 0 Å². The molecule has 2 aromatic rings. The predicted octanol–water partition coefficient (Wildman–Crippen LogP) is 2.80. The summed E-state index contributed by atoms with van der Waals surface area (Å²) < 4.78 is 42.1. The Hall–Kier alpha value is -3.06. The summed E-state index contributed by atoms with van der Waals surface area (Å²) in [5.41, 5.74) is 4.76. The number of alkyl carbamates (subject to hydrolysis) is 1. The van der Waals surface area contributed by atoms with Gasteiger partial charge in [-0.25, -0.2) is 9.59 Å². The van der Waals surface area contributed by atoms with Gasteiger partial charge in [-0.2, -0.15) is 0 Å². The largest absolute Gasteiger partial charge is 0.467 e. The Labute approximate surface area is 241 Å². The van der Waals surface area contributed by atoms with E-state index in [1.54, 1.807) is 0 Å². The molecular weight excluding hydrogens is 534 g/mol. The van der Waals surface area contributed by atoms with Crippen molar-refractivity contribution >= 4 is 12.1 Å². The van der Waals surface area contributed by atoms with Crippen LogP contribution in [0.1, 0.15) is 17.0 Å². The number of esters is 1. The second-order valence-corrected chi connectivity index (χ2v) is 8.94. The first kappa shape index (κ1) is 32.5. The van der Waals surface area contributed by atoms with Gasteiger partial charge in [-0.3, -0.25) is 0 Å². The summed E-state index contributed by atoms with van der Waals surface area (Å²) >= 11 is 0. The van der Waals surface area contributed by atoms with Gasteiger partial charge in [0, 0.05) is 12.5 Å². The van der Waals surface area contributed by atoms with Gasteiger partial charge in [-0.1, -0.05) is 48.5 Å². The maximum Gasteiger partial charge on any atom is 0.407 e. The Morgan fingerprint density at radius 1 is 0.634 bits per heavy atom. The molecule has 0 aromatic heterocycles. The molecule has 0 spiro atoms. The van der Waals surface area contributed by atoms with Crippen LogP contribution < -0.4 is 5.32 Å². The van der Waals surface area contributed by atoms with E-state index in [4.69, 9.17) is 33.2 Å². The molecule has 3 rings (SSSR count). The highest BCUT2D eigenvalue weighted by molar-refractivity contribution is 5.79. The topological polar surface area (TPSA) is 120 Å². The van der Waals surface area contributed by atoms with Crippen LogP contribution in [0.4, 0.5) is 4.79 Å². The highest BCUT2D eigenvalue weighted by atomic mass is 16.6. The fraction of sp³-hybridized carbons (Fsp3) is 0.533. The zero-order chi connectivity index (χ0) is 29.0. The number of methoxy groups -OCH3 is 1. The standard InChI is InChI=1S/C30H41NO10/c1-34-29(32)23-40-21-20-39-19-18-38-17-16-37-15-14-36-13-12-35-11-10-31-30(33)41-22-28-26-8-4-2-6-24(26)25-7-3-5-9-27(25)28/h2-9,28H,10-23H2,1H3,(H,31,33). The Morgan fingerprint density at radius 2 is 1.07 bits per heavy atom. The molecule has 41 heavy (non-hydrogen) atoms. The molecule has 1 N–H and O–H groups in total. The van der Waals surface area contributed by atoms with Crippen LogP contribution in [0.2, 0.25) is 0 Å². The molecule has 11 heteroatoms. The van der Waals surface area contributed by atoms with Crippen LogP contribution in [0.15, 0.2) is 48.5 Å². The van der Waals surface area contributed by atoms with Crippen molar-refractivity contribution < 1.29 is 47.5 Å². The minimum atomic E-state index is -0.456. The molecule has 0 unspecified atom stereocenters. The number of fused-ring (bicyclic) bond motifs is 3.